The van der Waals surface area contributed by atoms with Crippen LogP contribution in [0.4, 0.5) is 0 Å². The van der Waals surface area contributed by atoms with Gasteiger partial charge in [-0.1, -0.05) is 13.8 Å². The van der Waals surface area contributed by atoms with Crippen molar-refractivity contribution in [2.45, 2.75) is 13.8 Å². The van der Waals surface area contributed by atoms with Crippen molar-refractivity contribution in [2.75, 3.05) is 33.3 Å². The van der Waals surface area contributed by atoms with Crippen molar-refractivity contribution >= 4 is 11.1 Å². The zero-order valence-corrected chi connectivity index (χ0v) is 9.30. The molecule has 0 saturated carbocycles. The summed E-state index contributed by atoms with van der Waals surface area (Å²) in [6, 6.07) is 0. The van der Waals surface area contributed by atoms with Gasteiger partial charge in [0.2, 0.25) is 0 Å². The van der Waals surface area contributed by atoms with Gasteiger partial charge in [0.05, 0.1) is 7.11 Å². The molecule has 6 heteroatoms. The topological polar surface area (TPSA) is 65.0 Å². The van der Waals surface area contributed by atoms with E-state index in [2.05, 4.69) is 9.50 Å². The first-order valence-electron chi connectivity index (χ1n) is 4.46. The van der Waals surface area contributed by atoms with E-state index in [1.165, 1.54) is 7.11 Å². The lowest BCUT2D eigenvalue weighted by atomic mass is 10.4. The van der Waals surface area contributed by atoms with Crippen molar-refractivity contribution < 1.29 is 13.3 Å². The molecule has 1 fully saturated rings. The van der Waals surface area contributed by atoms with Gasteiger partial charge in [0.15, 0.2) is 11.1 Å². The number of piperazine rings is 1. The van der Waals surface area contributed by atoms with E-state index in [1.807, 2.05) is 13.8 Å². The molecule has 0 spiro atoms. The molecule has 0 radical (unpaired) electrons. The Bertz CT molecular complexity index is 129. The Hall–Kier alpha value is 0.150. The first-order chi connectivity index (χ1) is 6.17. The number of hydrogen-bond donors (Lipinski definition) is 3. The molecule has 0 atom stereocenters. The first-order valence-corrected chi connectivity index (χ1v) is 5.89. The normalized spacial score (nSPS) is 20.4. The quantitative estimate of drug-likeness (QED) is 0.640. The molecule has 0 aromatic heterocycles. The molecule has 3 N–H and O–H groups in total. The maximum absolute atomic E-state index is 9.26. The lowest BCUT2D eigenvalue weighted by Crippen LogP contribution is -2.44. The van der Waals surface area contributed by atoms with Crippen LogP contribution in [-0.4, -0.2) is 46.7 Å². The molecule has 1 heterocycles. The summed E-state index contributed by atoms with van der Waals surface area (Å²) in [5.74, 6) is 0. The summed E-state index contributed by atoms with van der Waals surface area (Å²) in [5.41, 5.74) is 0. The van der Waals surface area contributed by atoms with Gasteiger partial charge in [-0.3, -0.25) is 13.3 Å². The third kappa shape index (κ3) is 4.26. The van der Waals surface area contributed by atoms with Crippen molar-refractivity contribution in [1.29, 1.82) is 0 Å². The second-order valence-electron chi connectivity index (χ2n) is 2.31. The largest absolute Gasteiger partial charge is 0.314 e. The molecule has 1 rings (SSSR count). The van der Waals surface area contributed by atoms with Crippen molar-refractivity contribution in [2.24, 2.45) is 0 Å². The molecular weight excluding hydrogens is 192 g/mol. The third-order valence-electron chi connectivity index (χ3n) is 1.64. The van der Waals surface area contributed by atoms with E-state index < -0.39 is 11.1 Å². The predicted octanol–water partition coefficient (Wildman–Crippen LogP) is 1.14. The summed E-state index contributed by atoms with van der Waals surface area (Å²) in [4.78, 5) is 0. The van der Waals surface area contributed by atoms with Gasteiger partial charge in [-0.15, -0.1) is 0 Å². The maximum atomic E-state index is 9.26. The van der Waals surface area contributed by atoms with Crippen LogP contribution in [0.5, 0.6) is 0 Å². The van der Waals surface area contributed by atoms with E-state index in [1.54, 1.807) is 4.31 Å². The van der Waals surface area contributed by atoms with Crippen LogP contribution in [0.3, 0.4) is 0 Å². The van der Waals surface area contributed by atoms with Gasteiger partial charge in [-0.05, 0) is 0 Å². The highest BCUT2D eigenvalue weighted by molar-refractivity contribution is 8.18. The number of nitrogens with zero attached hydrogens (tertiary/aromatic N) is 1. The van der Waals surface area contributed by atoms with Gasteiger partial charge in [0, 0.05) is 26.2 Å². The van der Waals surface area contributed by atoms with Crippen molar-refractivity contribution in [3.63, 3.8) is 0 Å². The van der Waals surface area contributed by atoms with Crippen LogP contribution in [-0.2, 0) is 4.18 Å². The number of rotatable bonds is 2. The zero-order chi connectivity index (χ0) is 10.3. The highest BCUT2D eigenvalue weighted by Gasteiger charge is 2.27. The molecule has 0 aliphatic carbocycles. The fraction of sp³-hybridized carbons (Fsp3) is 1.00. The SMILES string of the molecule is CC.COS(O)(O)N1CCNCC1. The molecule has 1 aliphatic rings. The summed E-state index contributed by atoms with van der Waals surface area (Å²) >= 11 is -2.93. The molecule has 0 bridgehead atoms. The van der Waals surface area contributed by atoms with Gasteiger partial charge < -0.3 is 5.32 Å². The second-order valence-corrected chi connectivity index (χ2v) is 4.10. The van der Waals surface area contributed by atoms with E-state index in [0.29, 0.717) is 13.1 Å². The van der Waals surface area contributed by atoms with Crippen LogP contribution in [0.2, 0.25) is 0 Å². The molecule has 1 aliphatic heterocycles. The van der Waals surface area contributed by atoms with Crippen molar-refractivity contribution in [3.8, 4) is 0 Å². The number of nitrogens with one attached hydrogen (secondary N) is 1. The predicted molar refractivity (Wildman–Crippen MR) is 55.6 cm³/mol. The fourth-order valence-electron chi connectivity index (χ4n) is 0.988. The highest BCUT2D eigenvalue weighted by Crippen LogP contribution is 2.42. The molecule has 0 aromatic carbocycles. The average molecular weight is 212 g/mol. The van der Waals surface area contributed by atoms with Crippen molar-refractivity contribution in [3.05, 3.63) is 0 Å². The molecule has 0 aromatic rings. The van der Waals surface area contributed by atoms with Crippen LogP contribution in [0.15, 0.2) is 0 Å². The van der Waals surface area contributed by atoms with Gasteiger partial charge in [-0.2, -0.15) is 0 Å². The van der Waals surface area contributed by atoms with E-state index in [-0.39, 0.29) is 0 Å². The Morgan fingerprint density at radius 3 is 2.08 bits per heavy atom. The van der Waals surface area contributed by atoms with Crippen LogP contribution in [0.25, 0.3) is 0 Å². The highest BCUT2D eigenvalue weighted by atomic mass is 32.3. The summed E-state index contributed by atoms with van der Waals surface area (Å²) in [6.07, 6.45) is 0. The van der Waals surface area contributed by atoms with Gasteiger partial charge >= 0.3 is 0 Å². The van der Waals surface area contributed by atoms with Crippen LogP contribution in [0, 0.1) is 0 Å². The lowest BCUT2D eigenvalue weighted by molar-refractivity contribution is 0.228. The molecule has 0 unspecified atom stereocenters. The van der Waals surface area contributed by atoms with Crippen molar-refractivity contribution in [1.82, 2.24) is 9.62 Å². The summed E-state index contributed by atoms with van der Waals surface area (Å²) in [7, 11) is 1.30. The third-order valence-corrected chi connectivity index (χ3v) is 3.12. The zero-order valence-electron chi connectivity index (χ0n) is 8.49. The fourth-order valence-corrected chi connectivity index (χ4v) is 1.86. The summed E-state index contributed by atoms with van der Waals surface area (Å²) in [6.45, 7) is 6.80. The van der Waals surface area contributed by atoms with E-state index in [4.69, 9.17) is 0 Å². The lowest BCUT2D eigenvalue weighted by Gasteiger charge is -2.38. The summed E-state index contributed by atoms with van der Waals surface area (Å²) in [5, 5.41) is 3.10. The van der Waals surface area contributed by atoms with Crippen LogP contribution in [0.1, 0.15) is 13.8 Å². The average Bonchev–Trinajstić information content (AvgIpc) is 2.22. The van der Waals surface area contributed by atoms with E-state index in [0.717, 1.165) is 13.1 Å². The Morgan fingerprint density at radius 1 is 1.23 bits per heavy atom. The van der Waals surface area contributed by atoms with E-state index >= 15 is 0 Å². The first kappa shape index (κ1) is 13.2. The monoisotopic (exact) mass is 212 g/mol. The molecular formula is C7H20N2O3S. The Labute approximate surface area is 81.8 Å². The van der Waals surface area contributed by atoms with Gasteiger partial charge in [0.1, 0.15) is 0 Å². The minimum atomic E-state index is -2.93. The Kier molecular flexibility index (Phi) is 6.66. The molecule has 13 heavy (non-hydrogen) atoms. The minimum Gasteiger partial charge on any atom is -0.314 e. The van der Waals surface area contributed by atoms with Crippen LogP contribution >= 0.6 is 11.1 Å². The molecule has 1 saturated heterocycles. The molecule has 82 valence electrons. The van der Waals surface area contributed by atoms with Gasteiger partial charge in [-0.25, -0.2) is 4.31 Å². The van der Waals surface area contributed by atoms with Crippen LogP contribution < -0.4 is 5.32 Å². The maximum Gasteiger partial charge on any atom is 0.157 e. The minimum absolute atomic E-state index is 0.621. The molecule has 0 amide bonds. The second kappa shape index (κ2) is 6.58. The van der Waals surface area contributed by atoms with E-state index in [9.17, 15) is 9.11 Å². The van der Waals surface area contributed by atoms with Gasteiger partial charge in [0.25, 0.3) is 0 Å². The smallest absolute Gasteiger partial charge is 0.157 e. The Balaban J connectivity index is 0.000000671. The molecule has 5 nitrogen and oxygen atoms in total. The number of hydrogen-bond acceptors (Lipinski definition) is 5. The standard InChI is InChI=1S/C5H14N2O3S.C2H6/c1-10-11(8,9)7-4-2-6-3-5-7;1-2/h6,8-9H,2-5H2,1H3;1-2H3. The Morgan fingerprint density at radius 2 is 1.69 bits per heavy atom. The summed E-state index contributed by atoms with van der Waals surface area (Å²) < 4.78 is 24.6.